The van der Waals surface area contributed by atoms with E-state index in [0.717, 1.165) is 6.07 Å². The van der Waals surface area contributed by atoms with Crippen LogP contribution in [-0.2, 0) is 4.79 Å². The Morgan fingerprint density at radius 2 is 2.05 bits per heavy atom. The molecular weight excluding hydrogens is 277 g/mol. The summed E-state index contributed by atoms with van der Waals surface area (Å²) in [5.74, 6) is -2.77. The van der Waals surface area contributed by atoms with Crippen molar-refractivity contribution >= 4 is 11.9 Å². The first-order valence-corrected chi connectivity index (χ1v) is 6.70. The normalized spacial score (nSPS) is 12.0. The van der Waals surface area contributed by atoms with Crippen molar-refractivity contribution in [2.45, 2.75) is 20.3 Å². The second kappa shape index (κ2) is 7.61. The Balaban J connectivity index is 2.79. The number of aliphatic carboxylic acids is 1. The summed E-state index contributed by atoms with van der Waals surface area (Å²) in [6, 6.07) is 4.06. The summed E-state index contributed by atoms with van der Waals surface area (Å²) in [6.07, 6.45) is 0.435. The highest BCUT2D eigenvalue weighted by Crippen LogP contribution is 2.21. The first-order valence-electron chi connectivity index (χ1n) is 6.70. The maximum atomic E-state index is 13.7. The second-order valence-electron chi connectivity index (χ2n) is 5.19. The lowest BCUT2D eigenvalue weighted by molar-refractivity contribution is -0.142. The van der Waals surface area contributed by atoms with Gasteiger partial charge in [-0.3, -0.25) is 9.59 Å². The van der Waals surface area contributed by atoms with Gasteiger partial charge >= 0.3 is 5.97 Å². The number of benzene rings is 1. The van der Waals surface area contributed by atoms with Crippen LogP contribution in [0.3, 0.4) is 0 Å². The van der Waals surface area contributed by atoms with Crippen LogP contribution in [0.1, 0.15) is 30.6 Å². The number of ether oxygens (including phenoxy) is 1. The molecule has 1 aromatic carbocycles. The molecule has 0 fully saturated rings. The molecule has 1 atom stereocenters. The maximum absolute atomic E-state index is 13.7. The van der Waals surface area contributed by atoms with Gasteiger partial charge in [0.25, 0.3) is 5.91 Å². The minimum atomic E-state index is -0.982. The van der Waals surface area contributed by atoms with Crippen molar-refractivity contribution in [2.24, 2.45) is 11.8 Å². The predicted octanol–water partition coefficient (Wildman–Crippen LogP) is 2.31. The van der Waals surface area contributed by atoms with E-state index in [1.165, 1.54) is 19.2 Å². The highest BCUT2D eigenvalue weighted by molar-refractivity contribution is 5.97. The van der Waals surface area contributed by atoms with E-state index in [1.807, 2.05) is 13.8 Å². The fourth-order valence-corrected chi connectivity index (χ4v) is 2.04. The standard InChI is InChI=1S/C15H20FNO4/c1-9(2)7-10(15(19)20)8-17-14(18)13-11(16)5-4-6-12(13)21-3/h4-6,9-10H,7-8H2,1-3H3,(H,17,18)(H,19,20). The van der Waals surface area contributed by atoms with Crippen LogP contribution in [0.2, 0.25) is 0 Å². The zero-order valence-corrected chi connectivity index (χ0v) is 12.4. The molecule has 21 heavy (non-hydrogen) atoms. The van der Waals surface area contributed by atoms with Crippen molar-refractivity contribution in [1.82, 2.24) is 5.32 Å². The molecule has 116 valence electrons. The SMILES string of the molecule is COc1cccc(F)c1C(=O)NCC(CC(C)C)C(=O)O. The molecule has 0 radical (unpaired) electrons. The molecule has 0 saturated carbocycles. The maximum Gasteiger partial charge on any atom is 0.308 e. The van der Waals surface area contributed by atoms with Gasteiger partial charge in [-0.1, -0.05) is 19.9 Å². The lowest BCUT2D eigenvalue weighted by atomic mass is 9.97. The molecule has 5 nitrogen and oxygen atoms in total. The van der Waals surface area contributed by atoms with Crippen molar-refractivity contribution < 1.29 is 23.8 Å². The number of hydrogen-bond donors (Lipinski definition) is 2. The van der Waals surface area contributed by atoms with Gasteiger partial charge in [-0.2, -0.15) is 0 Å². The molecule has 6 heteroatoms. The van der Waals surface area contributed by atoms with Crippen LogP contribution in [0, 0.1) is 17.7 Å². The molecule has 1 unspecified atom stereocenters. The van der Waals surface area contributed by atoms with Gasteiger partial charge in [0.15, 0.2) is 0 Å². The first-order chi connectivity index (χ1) is 9.86. The van der Waals surface area contributed by atoms with E-state index in [2.05, 4.69) is 5.32 Å². The van der Waals surface area contributed by atoms with Gasteiger partial charge in [-0.05, 0) is 24.5 Å². The molecule has 1 rings (SSSR count). The summed E-state index contributed by atoms with van der Waals surface area (Å²) in [6.45, 7) is 3.75. The van der Waals surface area contributed by atoms with Crippen molar-refractivity contribution in [3.63, 3.8) is 0 Å². The van der Waals surface area contributed by atoms with Crippen molar-refractivity contribution in [2.75, 3.05) is 13.7 Å². The van der Waals surface area contributed by atoms with Gasteiger partial charge in [0.2, 0.25) is 0 Å². The fraction of sp³-hybridized carbons (Fsp3) is 0.467. The van der Waals surface area contributed by atoms with E-state index in [4.69, 9.17) is 9.84 Å². The van der Waals surface area contributed by atoms with Crippen LogP contribution in [0.4, 0.5) is 4.39 Å². The topological polar surface area (TPSA) is 75.6 Å². The highest BCUT2D eigenvalue weighted by atomic mass is 19.1. The number of amides is 1. The number of halogens is 1. The predicted molar refractivity (Wildman–Crippen MR) is 75.9 cm³/mol. The molecule has 0 bridgehead atoms. The largest absolute Gasteiger partial charge is 0.496 e. The number of carboxylic acids is 1. The van der Waals surface area contributed by atoms with Crippen LogP contribution in [0.15, 0.2) is 18.2 Å². The molecular formula is C15H20FNO4. The molecule has 0 aliphatic heterocycles. The smallest absolute Gasteiger partial charge is 0.308 e. The molecule has 1 amide bonds. The number of nitrogens with one attached hydrogen (secondary N) is 1. The number of carbonyl (C=O) groups excluding carboxylic acids is 1. The third kappa shape index (κ3) is 4.73. The monoisotopic (exact) mass is 297 g/mol. The Labute approximate surface area is 123 Å². The van der Waals surface area contributed by atoms with Crippen LogP contribution in [0.25, 0.3) is 0 Å². The summed E-state index contributed by atoms with van der Waals surface area (Å²) in [4.78, 5) is 23.2. The summed E-state index contributed by atoms with van der Waals surface area (Å²) >= 11 is 0. The Hall–Kier alpha value is -2.11. The molecule has 0 aliphatic rings. The van der Waals surface area contributed by atoms with Crippen LogP contribution >= 0.6 is 0 Å². The summed E-state index contributed by atoms with van der Waals surface area (Å²) < 4.78 is 18.7. The zero-order chi connectivity index (χ0) is 16.0. The van der Waals surface area contributed by atoms with E-state index in [-0.39, 0.29) is 23.8 Å². The number of methoxy groups -OCH3 is 1. The van der Waals surface area contributed by atoms with Gasteiger partial charge < -0.3 is 15.2 Å². The second-order valence-corrected chi connectivity index (χ2v) is 5.19. The number of carbonyl (C=O) groups is 2. The lowest BCUT2D eigenvalue weighted by Gasteiger charge is -2.16. The highest BCUT2D eigenvalue weighted by Gasteiger charge is 2.22. The quantitative estimate of drug-likeness (QED) is 0.810. The Morgan fingerprint density at radius 3 is 2.57 bits per heavy atom. The van der Waals surface area contributed by atoms with E-state index >= 15 is 0 Å². The fourth-order valence-electron chi connectivity index (χ4n) is 2.04. The van der Waals surface area contributed by atoms with Crippen molar-refractivity contribution in [1.29, 1.82) is 0 Å². The van der Waals surface area contributed by atoms with E-state index < -0.39 is 23.6 Å². The molecule has 0 saturated heterocycles. The van der Waals surface area contributed by atoms with Gasteiger partial charge in [-0.15, -0.1) is 0 Å². The van der Waals surface area contributed by atoms with Crippen LogP contribution in [0.5, 0.6) is 5.75 Å². The average molecular weight is 297 g/mol. The van der Waals surface area contributed by atoms with Gasteiger partial charge in [-0.25, -0.2) is 4.39 Å². The van der Waals surface area contributed by atoms with Crippen molar-refractivity contribution in [3.8, 4) is 5.75 Å². The number of rotatable bonds is 7. The lowest BCUT2D eigenvalue weighted by Crippen LogP contribution is -2.34. The average Bonchev–Trinajstić information content (AvgIpc) is 2.41. The summed E-state index contributed by atoms with van der Waals surface area (Å²) in [7, 11) is 1.34. The Morgan fingerprint density at radius 1 is 1.38 bits per heavy atom. The van der Waals surface area contributed by atoms with Crippen molar-refractivity contribution in [3.05, 3.63) is 29.6 Å². The molecule has 0 aliphatic carbocycles. The van der Waals surface area contributed by atoms with E-state index in [9.17, 15) is 14.0 Å². The third-order valence-electron chi connectivity index (χ3n) is 3.04. The van der Waals surface area contributed by atoms with Crippen LogP contribution < -0.4 is 10.1 Å². The van der Waals surface area contributed by atoms with Gasteiger partial charge in [0.1, 0.15) is 17.1 Å². The van der Waals surface area contributed by atoms with Crippen LogP contribution in [-0.4, -0.2) is 30.6 Å². The minimum absolute atomic E-state index is 0.0518. The molecule has 0 heterocycles. The zero-order valence-electron chi connectivity index (χ0n) is 12.4. The molecule has 0 aromatic heterocycles. The summed E-state index contributed by atoms with van der Waals surface area (Å²) in [5, 5.41) is 11.6. The Bertz CT molecular complexity index is 516. The van der Waals surface area contributed by atoms with E-state index in [0.29, 0.717) is 6.42 Å². The molecule has 1 aromatic rings. The molecule has 0 spiro atoms. The molecule has 2 N–H and O–H groups in total. The first kappa shape index (κ1) is 16.9. The number of carboxylic acid groups (broad SMARTS) is 1. The minimum Gasteiger partial charge on any atom is -0.496 e. The van der Waals surface area contributed by atoms with E-state index in [1.54, 1.807) is 0 Å². The van der Waals surface area contributed by atoms with Gasteiger partial charge in [0.05, 0.1) is 13.0 Å². The Kier molecular flexibility index (Phi) is 6.14. The summed E-state index contributed by atoms with van der Waals surface area (Å²) in [5.41, 5.74) is -0.214. The number of hydrogen-bond acceptors (Lipinski definition) is 3. The third-order valence-corrected chi connectivity index (χ3v) is 3.04. The van der Waals surface area contributed by atoms with Gasteiger partial charge in [0, 0.05) is 6.54 Å².